The van der Waals surface area contributed by atoms with Crippen LogP contribution in [-0.2, 0) is 0 Å². The molecule has 21 heavy (non-hydrogen) atoms. The first-order valence-corrected chi connectivity index (χ1v) is 8.41. The molecule has 0 N–H and O–H groups in total. The molecule has 0 heterocycles. The van der Waals surface area contributed by atoms with Crippen molar-refractivity contribution in [2.45, 2.75) is 43.9 Å². The quantitative estimate of drug-likeness (QED) is 0.620. The van der Waals surface area contributed by atoms with Crippen LogP contribution in [0.1, 0.15) is 49.5 Å². The van der Waals surface area contributed by atoms with Gasteiger partial charge in [-0.2, -0.15) is 0 Å². The Bertz CT molecular complexity index is 602. The fraction of sp³-hybridized carbons (Fsp3) is 0.474. The molecule has 0 saturated heterocycles. The van der Waals surface area contributed by atoms with Gasteiger partial charge in [0, 0.05) is 0 Å². The maximum absolute atomic E-state index is 6.67. The second kappa shape index (κ2) is 6.70. The molecule has 0 aromatic heterocycles. The van der Waals surface area contributed by atoms with Crippen molar-refractivity contribution in [2.75, 3.05) is 7.11 Å². The fourth-order valence-electron chi connectivity index (χ4n) is 3.42. The summed E-state index contributed by atoms with van der Waals surface area (Å²) in [5.74, 6) is 1.72. The van der Waals surface area contributed by atoms with Gasteiger partial charge in [-0.05, 0) is 46.9 Å². The number of hydrogen-bond acceptors (Lipinski definition) is 1. The smallest absolute Gasteiger partial charge is 0.119 e. The normalized spacial score (nSPS) is 17.8. The lowest BCUT2D eigenvalue weighted by molar-refractivity contribution is 0.336. The Labute approximate surface area is 132 Å². The van der Waals surface area contributed by atoms with Gasteiger partial charge in [-0.3, -0.25) is 0 Å². The van der Waals surface area contributed by atoms with Crippen LogP contribution < -0.4 is 4.74 Å². The lowest BCUT2D eigenvalue weighted by Gasteiger charge is -2.24. The number of hydrogen-bond donors (Lipinski definition) is 0. The second-order valence-electron chi connectivity index (χ2n) is 6.18. The van der Waals surface area contributed by atoms with Gasteiger partial charge in [-0.1, -0.05) is 50.3 Å². The van der Waals surface area contributed by atoms with Gasteiger partial charge < -0.3 is 4.74 Å². The molecule has 1 aliphatic carbocycles. The molecule has 0 spiro atoms. The van der Waals surface area contributed by atoms with Crippen molar-refractivity contribution in [3.63, 3.8) is 0 Å². The SMILES string of the molecule is COc1ccc2cc(C(Cl)CC3CCCCC3)ccc2c1. The summed E-state index contributed by atoms with van der Waals surface area (Å²) in [5, 5.41) is 2.59. The van der Waals surface area contributed by atoms with Gasteiger partial charge in [0.25, 0.3) is 0 Å². The maximum atomic E-state index is 6.67. The summed E-state index contributed by atoms with van der Waals surface area (Å²) < 4.78 is 5.27. The topological polar surface area (TPSA) is 9.23 Å². The van der Waals surface area contributed by atoms with Crippen LogP contribution in [0, 0.1) is 5.92 Å². The molecule has 1 saturated carbocycles. The Hall–Kier alpha value is -1.21. The van der Waals surface area contributed by atoms with Crippen molar-refractivity contribution in [1.29, 1.82) is 0 Å². The zero-order valence-corrected chi connectivity index (χ0v) is 13.4. The van der Waals surface area contributed by atoms with Gasteiger partial charge in [0.2, 0.25) is 0 Å². The number of benzene rings is 2. The minimum Gasteiger partial charge on any atom is -0.497 e. The summed E-state index contributed by atoms with van der Waals surface area (Å²) in [6.07, 6.45) is 7.99. The first-order chi connectivity index (χ1) is 10.3. The summed E-state index contributed by atoms with van der Waals surface area (Å²) in [7, 11) is 1.70. The van der Waals surface area contributed by atoms with E-state index >= 15 is 0 Å². The Morgan fingerprint density at radius 2 is 1.76 bits per heavy atom. The highest BCUT2D eigenvalue weighted by molar-refractivity contribution is 6.21. The van der Waals surface area contributed by atoms with E-state index in [0.29, 0.717) is 0 Å². The van der Waals surface area contributed by atoms with E-state index in [1.807, 2.05) is 6.07 Å². The molecule has 0 amide bonds. The molecule has 2 aromatic carbocycles. The summed E-state index contributed by atoms with van der Waals surface area (Å²) in [4.78, 5) is 0. The Morgan fingerprint density at radius 1 is 1.05 bits per heavy atom. The Kier molecular flexibility index (Phi) is 4.70. The number of alkyl halides is 1. The first-order valence-electron chi connectivity index (χ1n) is 7.98. The van der Waals surface area contributed by atoms with Gasteiger partial charge in [0.15, 0.2) is 0 Å². The van der Waals surface area contributed by atoms with Crippen molar-refractivity contribution >= 4 is 22.4 Å². The van der Waals surface area contributed by atoms with Crippen LogP contribution in [0.3, 0.4) is 0 Å². The number of ether oxygens (including phenoxy) is 1. The summed E-state index contributed by atoms with van der Waals surface area (Å²) >= 11 is 6.67. The summed E-state index contributed by atoms with van der Waals surface area (Å²) in [5.41, 5.74) is 1.25. The average Bonchev–Trinajstić information content (AvgIpc) is 2.54. The zero-order chi connectivity index (χ0) is 14.7. The molecule has 112 valence electrons. The van der Waals surface area contributed by atoms with Crippen LogP contribution in [-0.4, -0.2) is 7.11 Å². The van der Waals surface area contributed by atoms with Gasteiger partial charge in [0.05, 0.1) is 12.5 Å². The number of rotatable bonds is 4. The minimum atomic E-state index is 0.139. The van der Waals surface area contributed by atoms with Crippen LogP contribution in [0.5, 0.6) is 5.75 Å². The van der Waals surface area contributed by atoms with E-state index in [1.54, 1.807) is 7.11 Å². The third-order valence-corrected chi connectivity index (χ3v) is 5.13. The van der Waals surface area contributed by atoms with Crippen molar-refractivity contribution in [3.8, 4) is 5.75 Å². The molecule has 1 unspecified atom stereocenters. The van der Waals surface area contributed by atoms with Crippen LogP contribution in [0.4, 0.5) is 0 Å². The molecule has 2 heteroatoms. The highest BCUT2D eigenvalue weighted by Gasteiger charge is 2.18. The van der Waals surface area contributed by atoms with Crippen molar-refractivity contribution in [2.24, 2.45) is 5.92 Å². The van der Waals surface area contributed by atoms with Crippen LogP contribution >= 0.6 is 11.6 Å². The number of methoxy groups -OCH3 is 1. The molecule has 1 nitrogen and oxygen atoms in total. The van der Waals surface area contributed by atoms with E-state index in [2.05, 4.69) is 30.3 Å². The number of halogens is 1. The minimum absolute atomic E-state index is 0.139. The van der Waals surface area contributed by atoms with Gasteiger partial charge in [-0.25, -0.2) is 0 Å². The summed E-state index contributed by atoms with van der Waals surface area (Å²) in [6, 6.07) is 12.8. The van der Waals surface area contributed by atoms with Gasteiger partial charge >= 0.3 is 0 Å². The van der Waals surface area contributed by atoms with Crippen LogP contribution in [0.25, 0.3) is 10.8 Å². The van der Waals surface area contributed by atoms with Crippen LogP contribution in [0.2, 0.25) is 0 Å². The standard InChI is InChI=1S/C19H23ClO/c1-21-18-10-9-15-12-17(8-7-16(15)13-18)19(20)11-14-5-3-2-4-6-14/h7-10,12-14,19H,2-6,11H2,1H3. The van der Waals surface area contributed by atoms with E-state index < -0.39 is 0 Å². The third-order valence-electron chi connectivity index (χ3n) is 4.70. The Morgan fingerprint density at radius 3 is 2.52 bits per heavy atom. The fourth-order valence-corrected chi connectivity index (χ4v) is 3.80. The first kappa shape index (κ1) is 14.7. The molecule has 1 fully saturated rings. The third kappa shape index (κ3) is 3.52. The number of fused-ring (bicyclic) bond motifs is 1. The Balaban J connectivity index is 1.76. The highest BCUT2D eigenvalue weighted by atomic mass is 35.5. The highest BCUT2D eigenvalue weighted by Crippen LogP contribution is 2.36. The second-order valence-corrected chi connectivity index (χ2v) is 6.71. The molecule has 0 bridgehead atoms. The summed E-state index contributed by atoms with van der Waals surface area (Å²) in [6.45, 7) is 0. The molecule has 0 radical (unpaired) electrons. The monoisotopic (exact) mass is 302 g/mol. The van der Waals surface area contributed by atoms with Crippen LogP contribution in [0.15, 0.2) is 36.4 Å². The van der Waals surface area contributed by atoms with Gasteiger partial charge in [0.1, 0.15) is 5.75 Å². The maximum Gasteiger partial charge on any atom is 0.119 e. The van der Waals surface area contributed by atoms with E-state index in [4.69, 9.17) is 16.3 Å². The molecule has 2 aromatic rings. The van der Waals surface area contributed by atoms with E-state index in [1.165, 1.54) is 48.4 Å². The van der Waals surface area contributed by atoms with Crippen molar-refractivity contribution in [3.05, 3.63) is 42.0 Å². The van der Waals surface area contributed by atoms with Crippen molar-refractivity contribution in [1.82, 2.24) is 0 Å². The predicted molar refractivity (Wildman–Crippen MR) is 90.3 cm³/mol. The molecular weight excluding hydrogens is 280 g/mol. The van der Waals surface area contributed by atoms with Crippen molar-refractivity contribution < 1.29 is 4.74 Å². The lowest BCUT2D eigenvalue weighted by Crippen LogP contribution is -2.08. The largest absolute Gasteiger partial charge is 0.497 e. The van der Waals surface area contributed by atoms with E-state index in [-0.39, 0.29) is 5.38 Å². The average molecular weight is 303 g/mol. The predicted octanol–water partition coefficient (Wildman–Crippen LogP) is 6.10. The van der Waals surface area contributed by atoms with E-state index in [0.717, 1.165) is 18.1 Å². The lowest BCUT2D eigenvalue weighted by atomic mass is 9.85. The molecular formula is C19H23ClO. The molecule has 0 aliphatic heterocycles. The zero-order valence-electron chi connectivity index (χ0n) is 12.6. The van der Waals surface area contributed by atoms with E-state index in [9.17, 15) is 0 Å². The molecule has 1 atom stereocenters. The molecule has 1 aliphatic rings. The van der Waals surface area contributed by atoms with Gasteiger partial charge in [-0.15, -0.1) is 11.6 Å². The molecule has 3 rings (SSSR count).